The molecule has 25 heavy (non-hydrogen) atoms. The van der Waals surface area contributed by atoms with Gasteiger partial charge >= 0.3 is 0 Å². The number of nitrogens with zero attached hydrogens (tertiary/aromatic N) is 1. The Morgan fingerprint density at radius 3 is 2.32 bits per heavy atom. The molecule has 3 nitrogen and oxygen atoms in total. The van der Waals surface area contributed by atoms with Gasteiger partial charge in [-0.05, 0) is 35.9 Å². The van der Waals surface area contributed by atoms with Gasteiger partial charge in [0.15, 0.2) is 0 Å². The quantitative estimate of drug-likeness (QED) is 0.713. The third-order valence-electron chi connectivity index (χ3n) is 3.59. The van der Waals surface area contributed by atoms with Crippen molar-refractivity contribution in [2.45, 2.75) is 19.1 Å². The van der Waals surface area contributed by atoms with Gasteiger partial charge in [0.1, 0.15) is 5.82 Å². The Hall–Kier alpha value is -2.11. The first-order valence-electron chi connectivity index (χ1n) is 7.69. The first-order valence-corrected chi connectivity index (χ1v) is 8.95. The maximum atomic E-state index is 13.2. The highest BCUT2D eigenvalue weighted by Gasteiger charge is 2.40. The number of thioether (sulfide) groups is 1. The third-order valence-corrected chi connectivity index (χ3v) is 4.92. The van der Waals surface area contributed by atoms with Crippen LogP contribution in [0.5, 0.6) is 0 Å². The zero-order valence-electron chi connectivity index (χ0n) is 13.6. The minimum absolute atomic E-state index is 0.113. The fraction of sp³-hybridized carbons (Fsp3) is 0.158. The van der Waals surface area contributed by atoms with E-state index in [4.69, 9.17) is 11.6 Å². The summed E-state index contributed by atoms with van der Waals surface area (Å²) >= 11 is 7.32. The Morgan fingerprint density at radius 1 is 1.04 bits per heavy atom. The fourth-order valence-electron chi connectivity index (χ4n) is 2.58. The summed E-state index contributed by atoms with van der Waals surface area (Å²) in [4.78, 5) is 27.4. The molecule has 0 fully saturated rings. The lowest BCUT2D eigenvalue weighted by Crippen LogP contribution is -2.31. The second-order valence-corrected chi connectivity index (χ2v) is 7.83. The Morgan fingerprint density at radius 2 is 1.72 bits per heavy atom. The van der Waals surface area contributed by atoms with Crippen molar-refractivity contribution in [2.24, 2.45) is 0 Å². The Labute approximate surface area is 154 Å². The third kappa shape index (κ3) is 3.48. The Kier molecular flexibility index (Phi) is 4.97. The standard InChI is InChI=1S/C19H15ClFNO2S/c1-11(2)25-17-16(12-6-8-14(21)9-7-12)18(23)22(19(17)24)15-5-3-4-13(20)10-15/h3-11H,1-2H3. The molecule has 0 atom stereocenters. The molecule has 0 saturated carbocycles. The summed E-state index contributed by atoms with van der Waals surface area (Å²) in [7, 11) is 0. The van der Waals surface area contributed by atoms with Crippen LogP contribution in [-0.4, -0.2) is 17.1 Å². The molecular formula is C19H15ClFNO2S. The summed E-state index contributed by atoms with van der Waals surface area (Å²) in [6, 6.07) is 12.2. The molecule has 6 heteroatoms. The van der Waals surface area contributed by atoms with Crippen LogP contribution in [-0.2, 0) is 9.59 Å². The molecule has 2 amide bonds. The van der Waals surface area contributed by atoms with Crippen LogP contribution in [0.25, 0.3) is 5.57 Å². The van der Waals surface area contributed by atoms with E-state index >= 15 is 0 Å². The predicted octanol–water partition coefficient (Wildman–Crippen LogP) is 4.91. The van der Waals surface area contributed by atoms with Crippen LogP contribution in [0.4, 0.5) is 10.1 Å². The summed E-state index contributed by atoms with van der Waals surface area (Å²) in [5.74, 6) is -1.21. The van der Waals surface area contributed by atoms with Gasteiger partial charge in [-0.1, -0.05) is 43.6 Å². The van der Waals surface area contributed by atoms with Gasteiger partial charge in [0.25, 0.3) is 11.8 Å². The minimum atomic E-state index is -0.429. The van der Waals surface area contributed by atoms with E-state index in [1.807, 2.05) is 13.8 Å². The number of anilines is 1. The normalized spacial score (nSPS) is 14.8. The summed E-state index contributed by atoms with van der Waals surface area (Å²) in [6.07, 6.45) is 0. The van der Waals surface area contributed by atoms with Gasteiger partial charge in [0.05, 0.1) is 16.2 Å². The smallest absolute Gasteiger partial charge is 0.268 e. The molecule has 1 aliphatic rings. The van der Waals surface area contributed by atoms with E-state index in [-0.39, 0.29) is 11.2 Å². The molecule has 0 N–H and O–H groups in total. The van der Waals surface area contributed by atoms with Crippen molar-refractivity contribution in [1.82, 2.24) is 0 Å². The van der Waals surface area contributed by atoms with E-state index in [1.165, 1.54) is 36.0 Å². The average molecular weight is 376 g/mol. The first-order chi connectivity index (χ1) is 11.9. The molecule has 3 rings (SSSR count). The number of imide groups is 1. The van der Waals surface area contributed by atoms with E-state index < -0.39 is 11.7 Å². The van der Waals surface area contributed by atoms with Crippen molar-refractivity contribution in [3.63, 3.8) is 0 Å². The van der Waals surface area contributed by atoms with Gasteiger partial charge in [0, 0.05) is 10.3 Å². The Balaban J connectivity index is 2.11. The van der Waals surface area contributed by atoms with Crippen molar-refractivity contribution in [2.75, 3.05) is 4.90 Å². The van der Waals surface area contributed by atoms with E-state index in [0.29, 0.717) is 26.8 Å². The van der Waals surface area contributed by atoms with Crippen LogP contribution >= 0.6 is 23.4 Å². The summed E-state index contributed by atoms with van der Waals surface area (Å²) in [5, 5.41) is 0.549. The van der Waals surface area contributed by atoms with Crippen LogP contribution in [0, 0.1) is 5.82 Å². The second-order valence-electron chi connectivity index (χ2n) is 5.80. The molecule has 0 aliphatic carbocycles. The molecule has 0 radical (unpaired) electrons. The molecule has 1 heterocycles. The molecule has 1 aliphatic heterocycles. The SMILES string of the molecule is CC(C)SC1=C(c2ccc(F)cc2)C(=O)N(c2cccc(Cl)c2)C1=O. The zero-order valence-corrected chi connectivity index (χ0v) is 15.2. The number of benzene rings is 2. The lowest BCUT2D eigenvalue weighted by molar-refractivity contribution is -0.119. The van der Waals surface area contributed by atoms with Crippen molar-refractivity contribution in [3.8, 4) is 0 Å². The number of halogens is 2. The highest BCUT2D eigenvalue weighted by atomic mass is 35.5. The van der Waals surface area contributed by atoms with E-state index in [0.717, 1.165) is 4.90 Å². The van der Waals surface area contributed by atoms with E-state index in [9.17, 15) is 14.0 Å². The zero-order chi connectivity index (χ0) is 18.1. The number of hydrogen-bond acceptors (Lipinski definition) is 3. The van der Waals surface area contributed by atoms with Gasteiger partial charge in [-0.2, -0.15) is 0 Å². The van der Waals surface area contributed by atoms with Gasteiger partial charge < -0.3 is 0 Å². The van der Waals surface area contributed by atoms with E-state index in [2.05, 4.69) is 0 Å². The monoisotopic (exact) mass is 375 g/mol. The average Bonchev–Trinajstić information content (AvgIpc) is 2.78. The lowest BCUT2D eigenvalue weighted by Gasteiger charge is -2.15. The van der Waals surface area contributed by atoms with Crippen LogP contribution in [0.1, 0.15) is 19.4 Å². The molecule has 2 aromatic rings. The molecule has 0 aromatic heterocycles. The fourth-order valence-corrected chi connectivity index (χ4v) is 3.75. The summed E-state index contributed by atoms with van der Waals surface area (Å²) in [5.41, 5.74) is 1.23. The van der Waals surface area contributed by atoms with Crippen LogP contribution in [0.15, 0.2) is 53.4 Å². The summed E-state index contributed by atoms with van der Waals surface area (Å²) < 4.78 is 13.2. The molecule has 128 valence electrons. The summed E-state index contributed by atoms with van der Waals surface area (Å²) in [6.45, 7) is 3.89. The van der Waals surface area contributed by atoms with Gasteiger partial charge in [-0.25, -0.2) is 9.29 Å². The number of carbonyl (C=O) groups is 2. The number of hydrogen-bond donors (Lipinski definition) is 0. The van der Waals surface area contributed by atoms with Crippen molar-refractivity contribution < 1.29 is 14.0 Å². The molecule has 0 saturated heterocycles. The van der Waals surface area contributed by atoms with Crippen molar-refractivity contribution >= 4 is 46.4 Å². The second kappa shape index (κ2) is 7.02. The molecule has 0 unspecified atom stereocenters. The minimum Gasteiger partial charge on any atom is -0.268 e. The molecule has 2 aromatic carbocycles. The van der Waals surface area contributed by atoms with Crippen LogP contribution in [0.3, 0.4) is 0 Å². The number of rotatable bonds is 4. The number of carbonyl (C=O) groups excluding carboxylic acids is 2. The van der Waals surface area contributed by atoms with Crippen LogP contribution in [0.2, 0.25) is 5.02 Å². The van der Waals surface area contributed by atoms with Crippen molar-refractivity contribution in [1.29, 1.82) is 0 Å². The number of amides is 2. The highest BCUT2D eigenvalue weighted by Crippen LogP contribution is 2.40. The maximum absolute atomic E-state index is 13.2. The van der Waals surface area contributed by atoms with Crippen LogP contribution < -0.4 is 4.90 Å². The first kappa shape index (κ1) is 17.7. The maximum Gasteiger partial charge on any atom is 0.272 e. The lowest BCUT2D eigenvalue weighted by atomic mass is 10.1. The molecule has 0 spiro atoms. The molecule has 0 bridgehead atoms. The topological polar surface area (TPSA) is 37.4 Å². The molecular weight excluding hydrogens is 361 g/mol. The van der Waals surface area contributed by atoms with E-state index in [1.54, 1.807) is 24.3 Å². The van der Waals surface area contributed by atoms with Gasteiger partial charge in [0.2, 0.25) is 0 Å². The van der Waals surface area contributed by atoms with Gasteiger partial charge in [-0.3, -0.25) is 9.59 Å². The Bertz CT molecular complexity index is 877. The highest BCUT2D eigenvalue weighted by molar-refractivity contribution is 8.04. The van der Waals surface area contributed by atoms with Crippen molar-refractivity contribution in [3.05, 3.63) is 69.8 Å². The van der Waals surface area contributed by atoms with Gasteiger partial charge in [-0.15, -0.1) is 11.8 Å². The predicted molar refractivity (Wildman–Crippen MR) is 100.0 cm³/mol. The largest absolute Gasteiger partial charge is 0.272 e.